The van der Waals surface area contributed by atoms with Gasteiger partial charge >= 0.3 is 6.09 Å². The van der Waals surface area contributed by atoms with Crippen molar-refractivity contribution >= 4 is 12.0 Å². The zero-order valence-electron chi connectivity index (χ0n) is 22.3. The van der Waals surface area contributed by atoms with Crippen LogP contribution in [-0.2, 0) is 17.9 Å². The van der Waals surface area contributed by atoms with Crippen LogP contribution in [0.15, 0.2) is 18.2 Å². The fourth-order valence-electron chi connectivity index (χ4n) is 3.28. The molecule has 0 fully saturated rings. The highest BCUT2D eigenvalue weighted by Crippen LogP contribution is 2.23. The van der Waals surface area contributed by atoms with Gasteiger partial charge in [0.15, 0.2) is 0 Å². The first kappa shape index (κ1) is 35.0. The SMILES string of the molecule is C.CC.CC(=O)N(CCCCCCCCN)Cc1cc(CO)ccc1OC(=O)N(C)CCN(C)C. The van der Waals surface area contributed by atoms with E-state index in [2.05, 4.69) is 0 Å². The maximum atomic E-state index is 12.5. The van der Waals surface area contributed by atoms with Crippen molar-refractivity contribution in [3.05, 3.63) is 29.3 Å². The van der Waals surface area contributed by atoms with Crippen LogP contribution in [0.2, 0.25) is 0 Å². The van der Waals surface area contributed by atoms with Crippen LogP contribution >= 0.6 is 0 Å². The van der Waals surface area contributed by atoms with Crippen molar-refractivity contribution in [3.63, 3.8) is 0 Å². The van der Waals surface area contributed by atoms with Gasteiger partial charge in [0.05, 0.1) is 6.61 Å². The minimum Gasteiger partial charge on any atom is -0.410 e. The lowest BCUT2D eigenvalue weighted by atomic mass is 10.1. The van der Waals surface area contributed by atoms with Crippen molar-refractivity contribution < 1.29 is 19.4 Å². The second-order valence-corrected chi connectivity index (χ2v) is 8.54. The lowest BCUT2D eigenvalue weighted by Crippen LogP contribution is -2.35. The molecule has 0 saturated carbocycles. The van der Waals surface area contributed by atoms with E-state index < -0.39 is 6.09 Å². The molecule has 0 aliphatic heterocycles. The molecule has 0 bridgehead atoms. The number of aliphatic hydroxyl groups is 1. The Kier molecular flexibility index (Phi) is 21.2. The van der Waals surface area contributed by atoms with E-state index >= 15 is 0 Å². The fourth-order valence-corrected chi connectivity index (χ4v) is 3.28. The summed E-state index contributed by atoms with van der Waals surface area (Å²) in [4.78, 5) is 30.0. The number of likely N-dealkylation sites (N-methyl/N-ethyl adjacent to an activating group) is 2. The summed E-state index contributed by atoms with van der Waals surface area (Å²) in [6.07, 6.45) is 6.04. The average Bonchev–Trinajstić information content (AvgIpc) is 2.82. The molecule has 1 aromatic carbocycles. The molecule has 0 saturated heterocycles. The Morgan fingerprint density at radius 3 is 2.09 bits per heavy atom. The summed E-state index contributed by atoms with van der Waals surface area (Å²) in [6.45, 7) is 8.42. The Morgan fingerprint density at radius 2 is 1.54 bits per heavy atom. The molecule has 8 nitrogen and oxygen atoms in total. The molecule has 1 rings (SSSR count). The molecule has 0 spiro atoms. The van der Waals surface area contributed by atoms with Gasteiger partial charge < -0.3 is 30.3 Å². The van der Waals surface area contributed by atoms with Crippen LogP contribution in [0, 0.1) is 0 Å². The fraction of sp³-hybridized carbons (Fsp3) is 0.704. The van der Waals surface area contributed by atoms with Crippen molar-refractivity contribution in [1.29, 1.82) is 0 Å². The summed E-state index contributed by atoms with van der Waals surface area (Å²) in [7, 11) is 5.59. The zero-order valence-corrected chi connectivity index (χ0v) is 22.3. The maximum absolute atomic E-state index is 12.5. The predicted octanol–water partition coefficient (Wildman–Crippen LogP) is 4.48. The Hall–Kier alpha value is -2.16. The van der Waals surface area contributed by atoms with E-state index in [0.29, 0.717) is 36.5 Å². The van der Waals surface area contributed by atoms with Gasteiger partial charge in [0.2, 0.25) is 5.91 Å². The van der Waals surface area contributed by atoms with E-state index in [1.165, 1.54) is 4.90 Å². The molecule has 0 aliphatic carbocycles. The number of ether oxygens (including phenoxy) is 1. The predicted molar refractivity (Wildman–Crippen MR) is 145 cm³/mol. The number of rotatable bonds is 15. The van der Waals surface area contributed by atoms with Gasteiger partial charge in [0.25, 0.3) is 0 Å². The molecule has 8 heteroatoms. The second kappa shape index (κ2) is 21.1. The van der Waals surface area contributed by atoms with E-state index in [1.54, 1.807) is 37.1 Å². The smallest absolute Gasteiger partial charge is 0.410 e. The molecule has 0 aliphatic rings. The average molecular weight is 497 g/mol. The van der Waals surface area contributed by atoms with Crippen LogP contribution in [0.1, 0.15) is 77.8 Å². The molecule has 0 unspecified atom stereocenters. The molecule has 3 N–H and O–H groups in total. The number of hydrogen-bond acceptors (Lipinski definition) is 6. The van der Waals surface area contributed by atoms with E-state index in [-0.39, 0.29) is 19.9 Å². The molecule has 35 heavy (non-hydrogen) atoms. The summed E-state index contributed by atoms with van der Waals surface area (Å²) in [5.41, 5.74) is 6.95. The molecule has 2 amide bonds. The van der Waals surface area contributed by atoms with Gasteiger partial charge in [-0.2, -0.15) is 0 Å². The molecular formula is C27H52N4O4. The number of benzene rings is 1. The van der Waals surface area contributed by atoms with E-state index in [4.69, 9.17) is 10.5 Å². The van der Waals surface area contributed by atoms with Gasteiger partial charge in [-0.15, -0.1) is 0 Å². The summed E-state index contributed by atoms with van der Waals surface area (Å²) in [5.74, 6) is 0.389. The molecular weight excluding hydrogens is 444 g/mol. The van der Waals surface area contributed by atoms with Gasteiger partial charge in [-0.05, 0) is 51.2 Å². The van der Waals surface area contributed by atoms with Gasteiger partial charge in [0.1, 0.15) is 5.75 Å². The zero-order chi connectivity index (χ0) is 25.9. The summed E-state index contributed by atoms with van der Waals surface area (Å²) < 4.78 is 5.64. The van der Waals surface area contributed by atoms with Gasteiger partial charge in [-0.3, -0.25) is 4.79 Å². The van der Waals surface area contributed by atoms with Crippen molar-refractivity contribution in [2.45, 2.75) is 79.9 Å². The summed E-state index contributed by atoms with van der Waals surface area (Å²) in [6, 6.07) is 5.21. The standard InChI is InChI=1S/C24H42N4O4.C2H6.CH4/c1-20(30)28(14-10-8-6-5-7-9-13-25)18-22-17-21(19-29)11-12-23(22)32-24(31)27(4)16-15-26(2)3;1-2;/h11-12,17,29H,5-10,13-16,18-19,25H2,1-4H3;1-2H3;1H4. The van der Waals surface area contributed by atoms with E-state index in [1.807, 2.05) is 32.8 Å². The number of unbranched alkanes of at least 4 members (excludes halogenated alkanes) is 5. The van der Waals surface area contributed by atoms with Crippen molar-refractivity contribution in [1.82, 2.24) is 14.7 Å². The Labute approximate surface area is 214 Å². The van der Waals surface area contributed by atoms with Crippen LogP contribution in [0.3, 0.4) is 0 Å². The number of carbonyl (C=O) groups is 2. The summed E-state index contributed by atoms with van der Waals surface area (Å²) in [5, 5.41) is 9.54. The Bertz CT molecular complexity index is 698. The Morgan fingerprint density at radius 1 is 0.943 bits per heavy atom. The number of hydrogen-bond donors (Lipinski definition) is 2. The second-order valence-electron chi connectivity index (χ2n) is 8.54. The first-order valence-corrected chi connectivity index (χ1v) is 12.5. The van der Waals surface area contributed by atoms with Crippen LogP contribution in [0.4, 0.5) is 4.79 Å². The van der Waals surface area contributed by atoms with Crippen molar-refractivity contribution in [3.8, 4) is 5.75 Å². The number of nitrogens with two attached hydrogens (primary N) is 1. The van der Waals surface area contributed by atoms with Crippen LogP contribution in [0.25, 0.3) is 0 Å². The van der Waals surface area contributed by atoms with Crippen molar-refractivity contribution in [2.24, 2.45) is 5.73 Å². The number of aliphatic hydroxyl groups excluding tert-OH is 1. The van der Waals surface area contributed by atoms with Crippen molar-refractivity contribution in [2.75, 3.05) is 47.3 Å². The monoisotopic (exact) mass is 496 g/mol. The van der Waals surface area contributed by atoms with Gasteiger partial charge in [-0.25, -0.2) is 4.79 Å². The minimum absolute atomic E-state index is 0. The lowest BCUT2D eigenvalue weighted by Gasteiger charge is -2.24. The largest absolute Gasteiger partial charge is 0.415 e. The highest BCUT2D eigenvalue weighted by Gasteiger charge is 2.17. The number of amides is 2. The van der Waals surface area contributed by atoms with Gasteiger partial charge in [-0.1, -0.05) is 53.0 Å². The summed E-state index contributed by atoms with van der Waals surface area (Å²) >= 11 is 0. The molecule has 0 radical (unpaired) electrons. The lowest BCUT2D eigenvalue weighted by molar-refractivity contribution is -0.129. The number of nitrogens with zero attached hydrogens (tertiary/aromatic N) is 3. The maximum Gasteiger partial charge on any atom is 0.415 e. The highest BCUT2D eigenvalue weighted by atomic mass is 16.6. The topological polar surface area (TPSA) is 99.3 Å². The van der Waals surface area contributed by atoms with Crippen LogP contribution < -0.4 is 10.5 Å². The Balaban J connectivity index is 0. The molecule has 0 heterocycles. The molecule has 0 aromatic heterocycles. The number of carbonyl (C=O) groups excluding carboxylic acids is 2. The third-order valence-electron chi connectivity index (χ3n) is 5.39. The highest BCUT2D eigenvalue weighted by molar-refractivity contribution is 5.74. The normalized spacial score (nSPS) is 10.2. The third kappa shape index (κ3) is 15.4. The minimum atomic E-state index is -0.447. The quantitative estimate of drug-likeness (QED) is 0.347. The first-order chi connectivity index (χ1) is 16.3. The molecule has 0 atom stereocenters. The molecule has 204 valence electrons. The molecule has 1 aromatic rings. The van der Waals surface area contributed by atoms with Gasteiger partial charge in [0, 0.05) is 45.7 Å². The first-order valence-electron chi connectivity index (χ1n) is 12.5. The van der Waals surface area contributed by atoms with E-state index in [0.717, 1.165) is 51.6 Å². The third-order valence-corrected chi connectivity index (χ3v) is 5.39. The van der Waals surface area contributed by atoms with E-state index in [9.17, 15) is 14.7 Å². The van der Waals surface area contributed by atoms with Crippen LogP contribution in [-0.4, -0.2) is 79.1 Å². The van der Waals surface area contributed by atoms with Crippen LogP contribution in [0.5, 0.6) is 5.75 Å².